The van der Waals surface area contributed by atoms with E-state index in [1.54, 1.807) is 0 Å². The molecule has 1 atom stereocenters. The summed E-state index contributed by atoms with van der Waals surface area (Å²) in [6, 6.07) is 4.07. The molecule has 5 nitrogen and oxygen atoms in total. The molecule has 0 aliphatic rings. The summed E-state index contributed by atoms with van der Waals surface area (Å²) in [6.07, 6.45) is -4.43. The van der Waals surface area contributed by atoms with Crippen molar-refractivity contribution >= 4 is 0 Å². The number of nitrogens with zero attached hydrogens (tertiary/aromatic N) is 2. The van der Waals surface area contributed by atoms with Gasteiger partial charge in [0.05, 0.1) is 18.2 Å². The lowest BCUT2D eigenvalue weighted by atomic mass is 10.1. The van der Waals surface area contributed by atoms with Crippen molar-refractivity contribution in [3.8, 4) is 11.5 Å². The molecule has 0 aliphatic heterocycles. The van der Waals surface area contributed by atoms with Gasteiger partial charge in [-0.1, -0.05) is 11.2 Å². The average molecular weight is 301 g/mol. The van der Waals surface area contributed by atoms with Crippen LogP contribution in [0.3, 0.4) is 0 Å². The highest BCUT2D eigenvalue weighted by Gasteiger charge is 2.31. The van der Waals surface area contributed by atoms with Gasteiger partial charge in [0.25, 0.3) is 5.89 Å². The zero-order chi connectivity index (χ0) is 15.5. The number of halogens is 3. The van der Waals surface area contributed by atoms with Gasteiger partial charge in [-0.2, -0.15) is 18.2 Å². The van der Waals surface area contributed by atoms with Crippen LogP contribution in [0.1, 0.15) is 24.4 Å². The number of benzene rings is 1. The minimum Gasteiger partial charge on any atom is -0.380 e. The molecule has 8 heteroatoms. The Balaban J connectivity index is 2.22. The van der Waals surface area contributed by atoms with E-state index in [0.717, 1.165) is 12.1 Å². The predicted octanol–water partition coefficient (Wildman–Crippen LogP) is 2.79. The molecule has 0 saturated carbocycles. The molecule has 1 heterocycles. The topological polar surface area (TPSA) is 74.2 Å². The number of ether oxygens (including phenoxy) is 1. The Morgan fingerprint density at radius 1 is 1.38 bits per heavy atom. The quantitative estimate of drug-likeness (QED) is 0.919. The lowest BCUT2D eigenvalue weighted by Crippen LogP contribution is -2.18. The number of hydrogen-bond donors (Lipinski definition) is 1. The third-order valence-corrected chi connectivity index (χ3v) is 2.71. The van der Waals surface area contributed by atoms with E-state index in [0.29, 0.717) is 6.61 Å². The van der Waals surface area contributed by atoms with Crippen molar-refractivity contribution < 1.29 is 22.4 Å². The average Bonchev–Trinajstić information content (AvgIpc) is 2.94. The second-order valence-corrected chi connectivity index (χ2v) is 4.30. The molecule has 1 aromatic heterocycles. The first kappa shape index (κ1) is 15.5. The van der Waals surface area contributed by atoms with E-state index in [2.05, 4.69) is 10.1 Å². The van der Waals surface area contributed by atoms with Crippen LogP contribution < -0.4 is 5.73 Å². The van der Waals surface area contributed by atoms with Crippen molar-refractivity contribution in [1.29, 1.82) is 0 Å². The zero-order valence-electron chi connectivity index (χ0n) is 11.2. The van der Waals surface area contributed by atoms with Crippen LogP contribution in [0.15, 0.2) is 28.8 Å². The minimum atomic E-state index is -4.43. The largest absolute Gasteiger partial charge is 0.416 e. The highest BCUT2D eigenvalue weighted by Crippen LogP contribution is 2.31. The van der Waals surface area contributed by atoms with E-state index in [1.807, 2.05) is 6.92 Å². The van der Waals surface area contributed by atoms with Crippen LogP contribution in [0.5, 0.6) is 0 Å². The maximum absolute atomic E-state index is 12.7. The Bertz CT molecular complexity index is 598. The smallest absolute Gasteiger partial charge is 0.380 e. The molecule has 1 aromatic carbocycles. The van der Waals surface area contributed by atoms with Crippen molar-refractivity contribution in [3.05, 3.63) is 35.7 Å². The fourth-order valence-electron chi connectivity index (χ4n) is 1.65. The standard InChI is InChI=1S/C13H14F3N3O2/c1-2-20-7-10(17)11-18-12(21-19-11)8-4-3-5-9(6-8)13(14,15)16/h3-6,10H,2,7,17H2,1H3. The third kappa shape index (κ3) is 3.79. The molecule has 0 aliphatic carbocycles. The molecule has 2 aromatic rings. The summed E-state index contributed by atoms with van der Waals surface area (Å²) >= 11 is 0. The number of rotatable bonds is 5. The Morgan fingerprint density at radius 2 is 2.14 bits per heavy atom. The van der Waals surface area contributed by atoms with E-state index < -0.39 is 17.8 Å². The predicted molar refractivity (Wildman–Crippen MR) is 68.2 cm³/mol. The van der Waals surface area contributed by atoms with Gasteiger partial charge in [0, 0.05) is 12.2 Å². The fraction of sp³-hybridized carbons (Fsp3) is 0.385. The summed E-state index contributed by atoms with van der Waals surface area (Å²) in [6.45, 7) is 2.51. The maximum Gasteiger partial charge on any atom is 0.416 e. The molecule has 0 fully saturated rings. The molecule has 1 unspecified atom stereocenters. The van der Waals surface area contributed by atoms with E-state index in [1.165, 1.54) is 12.1 Å². The van der Waals surface area contributed by atoms with Crippen LogP contribution in [-0.4, -0.2) is 23.4 Å². The van der Waals surface area contributed by atoms with E-state index in [-0.39, 0.29) is 23.9 Å². The van der Waals surface area contributed by atoms with Crippen molar-refractivity contribution in [2.75, 3.05) is 13.2 Å². The Labute approximate surface area is 118 Å². The first-order valence-electron chi connectivity index (χ1n) is 6.26. The number of nitrogens with two attached hydrogens (primary N) is 1. The third-order valence-electron chi connectivity index (χ3n) is 2.71. The van der Waals surface area contributed by atoms with E-state index in [4.69, 9.17) is 15.0 Å². The van der Waals surface area contributed by atoms with Crippen LogP contribution in [0, 0.1) is 0 Å². The molecule has 0 amide bonds. The van der Waals surface area contributed by atoms with E-state index in [9.17, 15) is 13.2 Å². The lowest BCUT2D eigenvalue weighted by molar-refractivity contribution is -0.137. The summed E-state index contributed by atoms with van der Waals surface area (Å²) < 4.78 is 48.0. The number of hydrogen-bond acceptors (Lipinski definition) is 5. The molecule has 2 rings (SSSR count). The van der Waals surface area contributed by atoms with Crippen molar-refractivity contribution in [2.24, 2.45) is 5.73 Å². The van der Waals surface area contributed by atoms with Gasteiger partial charge in [0.1, 0.15) is 0 Å². The normalized spacial score (nSPS) is 13.4. The molecular formula is C13H14F3N3O2. The van der Waals surface area contributed by atoms with Gasteiger partial charge in [0.15, 0.2) is 5.82 Å². The molecular weight excluding hydrogens is 287 g/mol. The van der Waals surface area contributed by atoms with Gasteiger partial charge in [0.2, 0.25) is 0 Å². The number of aromatic nitrogens is 2. The van der Waals surface area contributed by atoms with Crippen LogP contribution in [0.25, 0.3) is 11.5 Å². The zero-order valence-corrected chi connectivity index (χ0v) is 11.2. The minimum absolute atomic E-state index is 0.0111. The molecule has 0 saturated heterocycles. The Morgan fingerprint density at radius 3 is 2.81 bits per heavy atom. The molecule has 114 valence electrons. The molecule has 2 N–H and O–H groups in total. The molecule has 0 radical (unpaired) electrons. The van der Waals surface area contributed by atoms with Crippen molar-refractivity contribution in [2.45, 2.75) is 19.1 Å². The van der Waals surface area contributed by atoms with Crippen LogP contribution in [0.2, 0.25) is 0 Å². The monoisotopic (exact) mass is 301 g/mol. The number of alkyl halides is 3. The van der Waals surface area contributed by atoms with Gasteiger partial charge >= 0.3 is 6.18 Å². The van der Waals surface area contributed by atoms with Crippen LogP contribution in [0.4, 0.5) is 13.2 Å². The van der Waals surface area contributed by atoms with Crippen LogP contribution >= 0.6 is 0 Å². The molecule has 0 spiro atoms. The second kappa shape index (κ2) is 6.23. The van der Waals surface area contributed by atoms with Gasteiger partial charge in [-0.3, -0.25) is 0 Å². The molecule has 21 heavy (non-hydrogen) atoms. The van der Waals surface area contributed by atoms with Gasteiger partial charge < -0.3 is 15.0 Å². The first-order valence-corrected chi connectivity index (χ1v) is 6.26. The summed E-state index contributed by atoms with van der Waals surface area (Å²) in [7, 11) is 0. The summed E-state index contributed by atoms with van der Waals surface area (Å²) in [4.78, 5) is 4.01. The lowest BCUT2D eigenvalue weighted by Gasteiger charge is -2.06. The Kier molecular flexibility index (Phi) is 4.59. The maximum atomic E-state index is 12.7. The fourth-order valence-corrected chi connectivity index (χ4v) is 1.65. The Hall–Kier alpha value is -1.93. The van der Waals surface area contributed by atoms with Crippen molar-refractivity contribution in [3.63, 3.8) is 0 Å². The molecule has 0 bridgehead atoms. The van der Waals surface area contributed by atoms with Gasteiger partial charge in [-0.05, 0) is 25.1 Å². The highest BCUT2D eigenvalue weighted by molar-refractivity contribution is 5.54. The van der Waals surface area contributed by atoms with Gasteiger partial charge in [-0.25, -0.2) is 0 Å². The SMILES string of the molecule is CCOCC(N)c1noc(-c2cccc(C(F)(F)F)c2)n1. The summed E-state index contributed by atoms with van der Waals surface area (Å²) in [5.74, 6) is 0.180. The van der Waals surface area contributed by atoms with Crippen molar-refractivity contribution in [1.82, 2.24) is 10.1 Å². The van der Waals surface area contributed by atoms with Crippen LogP contribution in [-0.2, 0) is 10.9 Å². The first-order chi connectivity index (χ1) is 9.91. The summed E-state index contributed by atoms with van der Waals surface area (Å²) in [5.41, 5.74) is 5.19. The summed E-state index contributed by atoms with van der Waals surface area (Å²) in [5, 5.41) is 3.66. The second-order valence-electron chi connectivity index (χ2n) is 4.30. The highest BCUT2D eigenvalue weighted by atomic mass is 19.4. The van der Waals surface area contributed by atoms with Gasteiger partial charge in [-0.15, -0.1) is 0 Å². The van der Waals surface area contributed by atoms with E-state index >= 15 is 0 Å².